The number of hydrogen-bond acceptors (Lipinski definition) is 4. The number of rotatable bonds is 9. The van der Waals surface area contributed by atoms with E-state index in [-0.39, 0.29) is 5.91 Å². The second-order valence-corrected chi connectivity index (χ2v) is 3.23. The van der Waals surface area contributed by atoms with Crippen LogP contribution in [0.3, 0.4) is 0 Å². The van der Waals surface area contributed by atoms with Gasteiger partial charge in [0.25, 0.3) is 0 Å². The van der Waals surface area contributed by atoms with Crippen LogP contribution in [0.5, 0.6) is 0 Å². The van der Waals surface area contributed by atoms with Crippen LogP contribution in [-0.4, -0.2) is 45.4 Å². The predicted molar refractivity (Wildman–Crippen MR) is 58.6 cm³/mol. The first-order valence-corrected chi connectivity index (χ1v) is 5.32. The van der Waals surface area contributed by atoms with Crippen molar-refractivity contribution in [2.45, 2.75) is 25.8 Å². The molecule has 0 saturated carbocycles. The molecule has 0 aromatic carbocycles. The second-order valence-electron chi connectivity index (χ2n) is 3.23. The lowest BCUT2D eigenvalue weighted by molar-refractivity contribution is -0.122. The van der Waals surface area contributed by atoms with Crippen LogP contribution in [0.25, 0.3) is 0 Å². The molecule has 1 unspecified atom stereocenters. The molecule has 0 aromatic rings. The van der Waals surface area contributed by atoms with Gasteiger partial charge in [0.2, 0.25) is 5.91 Å². The van der Waals surface area contributed by atoms with Gasteiger partial charge in [0.15, 0.2) is 0 Å². The van der Waals surface area contributed by atoms with Gasteiger partial charge < -0.3 is 20.5 Å². The van der Waals surface area contributed by atoms with Gasteiger partial charge in [-0.25, -0.2) is 0 Å². The summed E-state index contributed by atoms with van der Waals surface area (Å²) < 4.78 is 9.98. The first kappa shape index (κ1) is 14.3. The van der Waals surface area contributed by atoms with Gasteiger partial charge in [-0.3, -0.25) is 4.79 Å². The molecule has 0 saturated heterocycles. The van der Waals surface area contributed by atoms with Crippen molar-refractivity contribution in [1.82, 2.24) is 5.32 Å². The Kier molecular flexibility index (Phi) is 9.46. The molecule has 0 rings (SSSR count). The van der Waals surface area contributed by atoms with Crippen molar-refractivity contribution in [3.63, 3.8) is 0 Å². The van der Waals surface area contributed by atoms with Crippen LogP contribution in [0.4, 0.5) is 0 Å². The Morgan fingerprint density at radius 3 is 2.80 bits per heavy atom. The third kappa shape index (κ3) is 8.35. The van der Waals surface area contributed by atoms with Crippen LogP contribution in [-0.2, 0) is 14.3 Å². The lowest BCUT2D eigenvalue weighted by atomic mass is 10.2. The summed E-state index contributed by atoms with van der Waals surface area (Å²) in [5.74, 6) is -0.122. The molecule has 0 heterocycles. The topological polar surface area (TPSA) is 73.6 Å². The van der Waals surface area contributed by atoms with Crippen molar-refractivity contribution in [2.75, 3.05) is 33.5 Å². The maximum absolute atomic E-state index is 11.3. The second kappa shape index (κ2) is 9.89. The van der Waals surface area contributed by atoms with Crippen molar-refractivity contribution >= 4 is 5.91 Å². The maximum atomic E-state index is 11.3. The molecule has 5 nitrogen and oxygen atoms in total. The van der Waals surface area contributed by atoms with Crippen LogP contribution in [0.2, 0.25) is 0 Å². The summed E-state index contributed by atoms with van der Waals surface area (Å²) >= 11 is 0. The number of carbonyl (C=O) groups excluding carboxylic acids is 1. The smallest absolute Gasteiger partial charge is 0.237 e. The molecule has 0 aliphatic heterocycles. The molecule has 1 amide bonds. The number of ether oxygens (including phenoxy) is 2. The van der Waals surface area contributed by atoms with Crippen molar-refractivity contribution in [3.05, 3.63) is 0 Å². The highest BCUT2D eigenvalue weighted by Gasteiger charge is 2.11. The van der Waals surface area contributed by atoms with Crippen LogP contribution in [0.1, 0.15) is 19.8 Å². The monoisotopic (exact) mass is 218 g/mol. The first-order chi connectivity index (χ1) is 7.22. The quantitative estimate of drug-likeness (QED) is 0.530. The summed E-state index contributed by atoms with van der Waals surface area (Å²) in [6.45, 7) is 4.44. The van der Waals surface area contributed by atoms with E-state index in [9.17, 15) is 4.79 Å². The molecule has 15 heavy (non-hydrogen) atoms. The minimum absolute atomic E-state index is 0.122. The summed E-state index contributed by atoms with van der Waals surface area (Å²) in [4.78, 5) is 11.3. The van der Waals surface area contributed by atoms with E-state index < -0.39 is 6.04 Å². The zero-order valence-corrected chi connectivity index (χ0v) is 9.62. The normalized spacial score (nSPS) is 12.5. The Morgan fingerprint density at radius 2 is 2.20 bits per heavy atom. The van der Waals surface area contributed by atoms with Crippen molar-refractivity contribution in [3.8, 4) is 0 Å². The van der Waals surface area contributed by atoms with Crippen LogP contribution in [0.15, 0.2) is 0 Å². The fourth-order valence-corrected chi connectivity index (χ4v) is 1.04. The lowest BCUT2D eigenvalue weighted by Gasteiger charge is -2.11. The number of nitrogens with two attached hydrogens (primary N) is 1. The van der Waals surface area contributed by atoms with E-state index in [1.54, 1.807) is 7.11 Å². The minimum atomic E-state index is -0.475. The fourth-order valence-electron chi connectivity index (χ4n) is 1.04. The zero-order chi connectivity index (χ0) is 11.5. The summed E-state index contributed by atoms with van der Waals surface area (Å²) in [6.07, 6.45) is 1.37. The van der Waals surface area contributed by atoms with E-state index in [1.165, 1.54) is 0 Å². The number of carbonyl (C=O) groups is 1. The van der Waals surface area contributed by atoms with E-state index in [0.29, 0.717) is 32.8 Å². The highest BCUT2D eigenvalue weighted by molar-refractivity contribution is 5.81. The number of methoxy groups -OCH3 is 1. The van der Waals surface area contributed by atoms with E-state index in [2.05, 4.69) is 5.32 Å². The molecule has 0 radical (unpaired) electrons. The summed E-state index contributed by atoms with van der Waals surface area (Å²) in [6, 6.07) is -0.475. The van der Waals surface area contributed by atoms with Gasteiger partial charge in [-0.2, -0.15) is 0 Å². The highest BCUT2D eigenvalue weighted by atomic mass is 16.5. The first-order valence-electron chi connectivity index (χ1n) is 5.32. The predicted octanol–water partition coefficient (Wildman–Crippen LogP) is -0.107. The van der Waals surface area contributed by atoms with Gasteiger partial charge >= 0.3 is 0 Å². The molecule has 5 heteroatoms. The van der Waals surface area contributed by atoms with Gasteiger partial charge in [0.05, 0.1) is 6.04 Å². The molecule has 0 spiro atoms. The molecule has 0 fully saturated rings. The highest BCUT2D eigenvalue weighted by Crippen LogP contribution is 1.89. The van der Waals surface area contributed by atoms with E-state index >= 15 is 0 Å². The third-order valence-electron chi connectivity index (χ3n) is 1.94. The SMILES string of the molecule is CCOCCCNC(=O)C(N)CCOC. The van der Waals surface area contributed by atoms with Gasteiger partial charge in [0, 0.05) is 33.5 Å². The Bertz CT molecular complexity index is 165. The standard InChI is InChI=1S/C10H22N2O3/c1-3-15-7-4-6-12-10(13)9(11)5-8-14-2/h9H,3-8,11H2,1-2H3,(H,12,13). The Hall–Kier alpha value is -0.650. The fraction of sp³-hybridized carbons (Fsp3) is 0.900. The molecule has 0 aliphatic carbocycles. The van der Waals surface area contributed by atoms with Crippen molar-refractivity contribution < 1.29 is 14.3 Å². The lowest BCUT2D eigenvalue weighted by Crippen LogP contribution is -2.41. The van der Waals surface area contributed by atoms with Crippen LogP contribution >= 0.6 is 0 Å². The zero-order valence-electron chi connectivity index (χ0n) is 9.62. The molecule has 3 N–H and O–H groups in total. The largest absolute Gasteiger partial charge is 0.385 e. The van der Waals surface area contributed by atoms with Crippen LogP contribution in [0, 0.1) is 0 Å². The van der Waals surface area contributed by atoms with Crippen molar-refractivity contribution in [2.24, 2.45) is 5.73 Å². The van der Waals surface area contributed by atoms with Crippen molar-refractivity contribution in [1.29, 1.82) is 0 Å². The Morgan fingerprint density at radius 1 is 1.47 bits per heavy atom. The summed E-state index contributed by atoms with van der Waals surface area (Å²) in [7, 11) is 1.59. The Labute approximate surface area is 91.3 Å². The molecule has 0 aliphatic rings. The number of nitrogens with one attached hydrogen (secondary N) is 1. The average Bonchev–Trinajstić information content (AvgIpc) is 2.25. The van der Waals surface area contributed by atoms with Gasteiger partial charge in [0.1, 0.15) is 0 Å². The third-order valence-corrected chi connectivity index (χ3v) is 1.94. The van der Waals surface area contributed by atoms with E-state index in [1.807, 2.05) is 6.92 Å². The van der Waals surface area contributed by atoms with Crippen LogP contribution < -0.4 is 11.1 Å². The molecule has 1 atom stereocenters. The maximum Gasteiger partial charge on any atom is 0.237 e. The molecule has 0 bridgehead atoms. The van der Waals surface area contributed by atoms with Gasteiger partial charge in [-0.1, -0.05) is 0 Å². The number of amides is 1. The summed E-state index contributed by atoms with van der Waals surface area (Å²) in [5.41, 5.74) is 5.62. The van der Waals surface area contributed by atoms with E-state index in [0.717, 1.165) is 6.42 Å². The minimum Gasteiger partial charge on any atom is -0.385 e. The Balaban J connectivity index is 3.38. The summed E-state index contributed by atoms with van der Waals surface area (Å²) in [5, 5.41) is 2.75. The molecule has 0 aromatic heterocycles. The number of hydrogen-bond donors (Lipinski definition) is 2. The molecular formula is C10H22N2O3. The van der Waals surface area contributed by atoms with E-state index in [4.69, 9.17) is 15.2 Å². The average molecular weight is 218 g/mol. The molecule has 90 valence electrons. The molecular weight excluding hydrogens is 196 g/mol. The van der Waals surface area contributed by atoms with Gasteiger partial charge in [-0.15, -0.1) is 0 Å². The van der Waals surface area contributed by atoms with Gasteiger partial charge in [-0.05, 0) is 19.8 Å².